The Balaban J connectivity index is 1.53. The van der Waals surface area contributed by atoms with Gasteiger partial charge in [0.15, 0.2) is 5.11 Å². The number of carbonyl (C=O) groups is 1. The number of nitrogens with zero attached hydrogens (tertiary/aromatic N) is 1. The summed E-state index contributed by atoms with van der Waals surface area (Å²) >= 11 is 5.31. The van der Waals surface area contributed by atoms with Crippen molar-refractivity contribution in [1.29, 1.82) is 0 Å². The molecule has 0 atom stereocenters. The van der Waals surface area contributed by atoms with Crippen LogP contribution in [0.4, 0.5) is 11.4 Å². The van der Waals surface area contributed by atoms with Gasteiger partial charge in [-0.25, -0.2) is 0 Å². The lowest BCUT2D eigenvalue weighted by Crippen LogP contribution is -2.34. The van der Waals surface area contributed by atoms with Gasteiger partial charge in [-0.3, -0.25) is 20.2 Å². The Morgan fingerprint density at radius 1 is 1.11 bits per heavy atom. The van der Waals surface area contributed by atoms with Crippen molar-refractivity contribution in [2.75, 3.05) is 5.32 Å². The van der Waals surface area contributed by atoms with E-state index in [2.05, 4.69) is 22.8 Å². The lowest BCUT2D eigenvalue weighted by molar-refractivity contribution is -0.385. The maximum absolute atomic E-state index is 12.5. The van der Waals surface area contributed by atoms with Crippen LogP contribution in [0.1, 0.15) is 27.0 Å². The zero-order valence-corrected chi connectivity index (χ0v) is 15.9. The van der Waals surface area contributed by atoms with Gasteiger partial charge in [0.25, 0.3) is 11.6 Å². The lowest BCUT2D eigenvalue weighted by Gasteiger charge is -2.13. The molecule has 6 nitrogen and oxygen atoms in total. The standard InChI is InChI=1S/C21H17N3O3S/c1-12-11-15(8-10-18(12)24(26)27)20(25)23-21(28)22-17-9-7-14-6-5-13-3-2-4-16(17)19(13)14/h2-4,7-11H,5-6H2,1H3,(H2,22,23,25,28). The molecule has 1 aliphatic rings. The Morgan fingerprint density at radius 2 is 1.86 bits per heavy atom. The van der Waals surface area contributed by atoms with Crippen molar-refractivity contribution < 1.29 is 9.72 Å². The first-order valence-corrected chi connectivity index (χ1v) is 9.26. The molecule has 1 amide bonds. The molecule has 0 unspecified atom stereocenters. The summed E-state index contributed by atoms with van der Waals surface area (Å²) in [5, 5.41) is 19.2. The highest BCUT2D eigenvalue weighted by atomic mass is 32.1. The first-order chi connectivity index (χ1) is 13.4. The fourth-order valence-electron chi connectivity index (χ4n) is 3.69. The molecule has 1 aliphatic carbocycles. The number of carbonyl (C=O) groups excluding carboxylic acids is 1. The number of thiocarbonyl (C=S) groups is 1. The molecule has 3 aromatic rings. The van der Waals surface area contributed by atoms with Crippen molar-refractivity contribution in [2.24, 2.45) is 0 Å². The first kappa shape index (κ1) is 18.1. The summed E-state index contributed by atoms with van der Waals surface area (Å²) in [4.78, 5) is 22.9. The van der Waals surface area contributed by atoms with Gasteiger partial charge in [0.1, 0.15) is 0 Å². The minimum Gasteiger partial charge on any atom is -0.332 e. The van der Waals surface area contributed by atoms with E-state index in [0.29, 0.717) is 11.1 Å². The second-order valence-corrected chi connectivity index (χ2v) is 7.19. The minimum atomic E-state index is -0.473. The van der Waals surface area contributed by atoms with Gasteiger partial charge in [-0.05, 0) is 66.7 Å². The number of amides is 1. The van der Waals surface area contributed by atoms with Crippen LogP contribution in [0.2, 0.25) is 0 Å². The van der Waals surface area contributed by atoms with Crippen molar-refractivity contribution in [2.45, 2.75) is 19.8 Å². The van der Waals surface area contributed by atoms with Gasteiger partial charge in [-0.1, -0.05) is 24.3 Å². The van der Waals surface area contributed by atoms with Crippen molar-refractivity contribution in [3.05, 3.63) is 80.9 Å². The Morgan fingerprint density at radius 3 is 2.57 bits per heavy atom. The molecule has 0 spiro atoms. The molecule has 2 N–H and O–H groups in total. The van der Waals surface area contributed by atoms with Crippen LogP contribution in [0.5, 0.6) is 0 Å². The van der Waals surface area contributed by atoms with E-state index in [9.17, 15) is 14.9 Å². The van der Waals surface area contributed by atoms with E-state index in [1.54, 1.807) is 6.92 Å². The molecular weight excluding hydrogens is 374 g/mol. The highest BCUT2D eigenvalue weighted by Crippen LogP contribution is 2.34. The van der Waals surface area contributed by atoms with E-state index in [-0.39, 0.29) is 10.8 Å². The Bertz CT molecular complexity index is 1150. The highest BCUT2D eigenvalue weighted by molar-refractivity contribution is 7.80. The topological polar surface area (TPSA) is 84.3 Å². The van der Waals surface area contributed by atoms with E-state index in [0.717, 1.165) is 23.9 Å². The van der Waals surface area contributed by atoms with Gasteiger partial charge < -0.3 is 5.32 Å². The zero-order chi connectivity index (χ0) is 19.8. The van der Waals surface area contributed by atoms with Crippen LogP contribution in [0.25, 0.3) is 10.8 Å². The summed E-state index contributed by atoms with van der Waals surface area (Å²) in [7, 11) is 0. The predicted molar refractivity (Wildman–Crippen MR) is 113 cm³/mol. The smallest absolute Gasteiger partial charge is 0.272 e. The summed E-state index contributed by atoms with van der Waals surface area (Å²) < 4.78 is 0. The van der Waals surface area contributed by atoms with Crippen LogP contribution in [-0.4, -0.2) is 15.9 Å². The Hall–Kier alpha value is -3.32. The van der Waals surface area contributed by atoms with Crippen molar-refractivity contribution in [3.8, 4) is 0 Å². The van der Waals surface area contributed by atoms with Gasteiger partial charge in [0.2, 0.25) is 0 Å². The second-order valence-electron chi connectivity index (χ2n) is 6.78. The number of benzene rings is 3. The molecule has 0 bridgehead atoms. The molecule has 0 saturated carbocycles. The third-order valence-corrected chi connectivity index (χ3v) is 5.21. The van der Waals surface area contributed by atoms with Crippen molar-refractivity contribution in [3.63, 3.8) is 0 Å². The van der Waals surface area contributed by atoms with Crippen LogP contribution in [0.15, 0.2) is 48.5 Å². The van der Waals surface area contributed by atoms with E-state index in [1.165, 1.54) is 34.7 Å². The molecular formula is C21H17N3O3S. The van der Waals surface area contributed by atoms with Gasteiger partial charge in [0, 0.05) is 28.3 Å². The average molecular weight is 391 g/mol. The minimum absolute atomic E-state index is 0.0230. The van der Waals surface area contributed by atoms with Crippen LogP contribution >= 0.6 is 12.2 Å². The van der Waals surface area contributed by atoms with Crippen LogP contribution < -0.4 is 10.6 Å². The second kappa shape index (κ2) is 7.01. The molecule has 0 saturated heterocycles. The summed E-state index contributed by atoms with van der Waals surface area (Å²) in [5.74, 6) is -0.415. The molecule has 0 heterocycles. The van der Waals surface area contributed by atoms with E-state index in [4.69, 9.17) is 12.2 Å². The lowest BCUT2D eigenvalue weighted by atomic mass is 10.0. The average Bonchev–Trinajstić information content (AvgIpc) is 3.08. The van der Waals surface area contributed by atoms with Crippen LogP contribution in [-0.2, 0) is 12.8 Å². The quantitative estimate of drug-likeness (QED) is 0.395. The number of anilines is 1. The van der Waals surface area contributed by atoms with Crippen molar-refractivity contribution in [1.82, 2.24) is 5.32 Å². The fraction of sp³-hybridized carbons (Fsp3) is 0.143. The maximum Gasteiger partial charge on any atom is 0.272 e. The van der Waals surface area contributed by atoms with Gasteiger partial charge in [-0.15, -0.1) is 0 Å². The summed E-state index contributed by atoms with van der Waals surface area (Å²) in [6.07, 6.45) is 2.08. The van der Waals surface area contributed by atoms with Crippen molar-refractivity contribution >= 4 is 45.4 Å². The van der Waals surface area contributed by atoms with E-state index in [1.807, 2.05) is 18.2 Å². The Kier molecular flexibility index (Phi) is 4.52. The molecule has 0 radical (unpaired) electrons. The molecule has 4 rings (SSSR count). The molecule has 28 heavy (non-hydrogen) atoms. The molecule has 3 aromatic carbocycles. The highest BCUT2D eigenvalue weighted by Gasteiger charge is 2.17. The predicted octanol–water partition coefficient (Wildman–Crippen LogP) is 4.28. The first-order valence-electron chi connectivity index (χ1n) is 8.85. The van der Waals surface area contributed by atoms with Crippen LogP contribution in [0, 0.1) is 17.0 Å². The molecule has 0 aliphatic heterocycles. The number of nitro benzene ring substituents is 1. The number of hydrogen-bond donors (Lipinski definition) is 2. The largest absolute Gasteiger partial charge is 0.332 e. The van der Waals surface area contributed by atoms with E-state index >= 15 is 0 Å². The van der Waals surface area contributed by atoms with E-state index < -0.39 is 10.8 Å². The molecule has 140 valence electrons. The van der Waals surface area contributed by atoms with Crippen LogP contribution in [0.3, 0.4) is 0 Å². The summed E-state index contributed by atoms with van der Waals surface area (Å²) in [5.41, 5.74) is 4.20. The summed E-state index contributed by atoms with van der Waals surface area (Å²) in [6.45, 7) is 1.60. The zero-order valence-electron chi connectivity index (χ0n) is 15.1. The SMILES string of the molecule is Cc1cc(C(=O)NC(=S)Nc2ccc3c4c(cccc24)CC3)ccc1[N+](=O)[O-]. The molecule has 0 fully saturated rings. The maximum atomic E-state index is 12.5. The monoisotopic (exact) mass is 391 g/mol. The third kappa shape index (κ3) is 3.20. The van der Waals surface area contributed by atoms with Gasteiger partial charge in [-0.2, -0.15) is 0 Å². The normalized spacial score (nSPS) is 12.0. The van der Waals surface area contributed by atoms with Gasteiger partial charge in [0.05, 0.1) is 4.92 Å². The van der Waals surface area contributed by atoms with Gasteiger partial charge >= 0.3 is 0 Å². The third-order valence-electron chi connectivity index (χ3n) is 5.01. The number of rotatable bonds is 3. The summed E-state index contributed by atoms with van der Waals surface area (Å²) in [6, 6.07) is 14.5. The number of nitro groups is 1. The molecule has 0 aromatic heterocycles. The Labute approximate surface area is 166 Å². The molecule has 7 heteroatoms. The number of aryl methyl sites for hydroxylation is 3. The fourth-order valence-corrected chi connectivity index (χ4v) is 3.89. The number of nitrogens with one attached hydrogen (secondary N) is 2. The number of hydrogen-bond acceptors (Lipinski definition) is 4.